The first-order valence-electron chi connectivity index (χ1n) is 5.96. The lowest BCUT2D eigenvalue weighted by Gasteiger charge is -2.05. The number of nitrogens with zero attached hydrogens (tertiary/aromatic N) is 2. The van der Waals surface area contributed by atoms with Gasteiger partial charge in [-0.2, -0.15) is 10.2 Å². The minimum Gasteiger partial charge on any atom is -0.281 e. The molecule has 104 valence electrons. The molecule has 0 bridgehead atoms. The van der Waals surface area contributed by atoms with Gasteiger partial charge in [0.15, 0.2) is 5.82 Å². The summed E-state index contributed by atoms with van der Waals surface area (Å²) in [5.41, 5.74) is 1.69. The average Bonchev–Trinajstić information content (AvgIpc) is 2.94. The molecule has 1 aromatic carbocycles. The molecule has 0 saturated carbocycles. The molecule has 0 fully saturated rings. The first kappa shape index (κ1) is 12.7. The van der Waals surface area contributed by atoms with Gasteiger partial charge in [-0.15, -0.1) is 0 Å². The Hall–Kier alpha value is -2.35. The first-order chi connectivity index (χ1) is 9.49. The number of fused-ring (bicyclic) bond motifs is 1. The topological polar surface area (TPSA) is 104 Å². The van der Waals surface area contributed by atoms with E-state index in [1.165, 1.54) is 0 Å². The highest BCUT2D eigenvalue weighted by atomic mass is 32.2. The molecule has 7 nitrogen and oxygen atoms in total. The summed E-state index contributed by atoms with van der Waals surface area (Å²) in [6.45, 7) is 3.30. The van der Waals surface area contributed by atoms with E-state index in [1.807, 2.05) is 18.2 Å². The second-order valence-corrected chi connectivity index (χ2v) is 6.11. The maximum absolute atomic E-state index is 12.4. The molecule has 0 aliphatic rings. The van der Waals surface area contributed by atoms with Crippen molar-refractivity contribution in [2.75, 3.05) is 4.72 Å². The second-order valence-electron chi connectivity index (χ2n) is 4.49. The molecule has 8 heteroatoms. The standard InChI is InChI=1S/C12H13N5O2S/c1-7-11(8(2)14-13-7)20(18,19)17-12-9-5-3-4-6-10(9)15-16-12/h3-6H,1-2H3,(H,13,14)(H2,15,16,17). The molecular formula is C12H13N5O2S. The Morgan fingerprint density at radius 1 is 1.10 bits per heavy atom. The quantitative estimate of drug-likeness (QED) is 0.683. The summed E-state index contributed by atoms with van der Waals surface area (Å²) in [6, 6.07) is 7.30. The Balaban J connectivity index is 2.06. The van der Waals surface area contributed by atoms with Crippen LogP contribution in [0.1, 0.15) is 11.4 Å². The molecule has 0 amide bonds. The van der Waals surface area contributed by atoms with E-state index in [0.29, 0.717) is 11.4 Å². The number of hydrogen-bond donors (Lipinski definition) is 3. The van der Waals surface area contributed by atoms with Gasteiger partial charge in [0.05, 0.1) is 16.9 Å². The third kappa shape index (κ3) is 1.94. The monoisotopic (exact) mass is 291 g/mol. The predicted molar refractivity (Wildman–Crippen MR) is 75.0 cm³/mol. The van der Waals surface area contributed by atoms with Gasteiger partial charge in [-0.25, -0.2) is 8.42 Å². The van der Waals surface area contributed by atoms with Crippen LogP contribution in [0.2, 0.25) is 0 Å². The lowest BCUT2D eigenvalue weighted by molar-refractivity contribution is 0.600. The third-order valence-electron chi connectivity index (χ3n) is 3.03. The highest BCUT2D eigenvalue weighted by Crippen LogP contribution is 2.24. The number of para-hydroxylation sites is 1. The number of H-pyrrole nitrogens is 2. The molecule has 0 aliphatic carbocycles. The maximum atomic E-state index is 12.4. The van der Waals surface area contributed by atoms with E-state index in [1.54, 1.807) is 19.9 Å². The number of hydrogen-bond acceptors (Lipinski definition) is 4. The number of anilines is 1. The summed E-state index contributed by atoms with van der Waals surface area (Å²) in [5.74, 6) is 0.278. The normalized spacial score (nSPS) is 11.9. The highest BCUT2D eigenvalue weighted by molar-refractivity contribution is 7.92. The third-order valence-corrected chi connectivity index (χ3v) is 4.63. The Kier molecular flexibility index (Phi) is 2.75. The zero-order valence-corrected chi connectivity index (χ0v) is 11.7. The molecule has 3 aromatic rings. The van der Waals surface area contributed by atoms with Gasteiger partial charge in [-0.1, -0.05) is 12.1 Å². The van der Waals surface area contributed by atoms with Crippen molar-refractivity contribution in [1.29, 1.82) is 0 Å². The lowest BCUT2D eigenvalue weighted by Crippen LogP contribution is -2.15. The van der Waals surface area contributed by atoms with Crippen molar-refractivity contribution in [2.24, 2.45) is 0 Å². The largest absolute Gasteiger partial charge is 0.281 e. The van der Waals surface area contributed by atoms with E-state index in [0.717, 1.165) is 10.9 Å². The Labute approximate surface area is 115 Å². The van der Waals surface area contributed by atoms with Gasteiger partial charge in [0.25, 0.3) is 10.0 Å². The van der Waals surface area contributed by atoms with Crippen LogP contribution >= 0.6 is 0 Å². The summed E-state index contributed by atoms with van der Waals surface area (Å²) < 4.78 is 27.3. The van der Waals surface area contributed by atoms with Crippen molar-refractivity contribution in [1.82, 2.24) is 20.4 Å². The van der Waals surface area contributed by atoms with Crippen molar-refractivity contribution < 1.29 is 8.42 Å². The van der Waals surface area contributed by atoms with Crippen molar-refractivity contribution in [3.63, 3.8) is 0 Å². The summed E-state index contributed by atoms with van der Waals surface area (Å²) in [5, 5.41) is 14.1. The molecule has 20 heavy (non-hydrogen) atoms. The Morgan fingerprint density at radius 3 is 2.55 bits per heavy atom. The van der Waals surface area contributed by atoms with Crippen molar-refractivity contribution in [3.8, 4) is 0 Å². The lowest BCUT2D eigenvalue weighted by atomic mass is 10.2. The van der Waals surface area contributed by atoms with Crippen LogP contribution < -0.4 is 4.72 Å². The van der Waals surface area contributed by atoms with E-state index in [2.05, 4.69) is 25.1 Å². The van der Waals surface area contributed by atoms with Crippen LogP contribution in [0.5, 0.6) is 0 Å². The molecule has 2 heterocycles. The summed E-state index contributed by atoms with van der Waals surface area (Å²) in [4.78, 5) is 0.157. The highest BCUT2D eigenvalue weighted by Gasteiger charge is 2.23. The maximum Gasteiger partial charge on any atom is 0.266 e. The summed E-state index contributed by atoms with van der Waals surface area (Å²) >= 11 is 0. The number of rotatable bonds is 3. The average molecular weight is 291 g/mol. The molecule has 3 rings (SSSR count). The molecule has 0 saturated heterocycles. The van der Waals surface area contributed by atoms with E-state index < -0.39 is 10.0 Å². The molecular weight excluding hydrogens is 278 g/mol. The SMILES string of the molecule is Cc1n[nH]c(C)c1S(=O)(=O)Nc1n[nH]c2ccccc12. The summed E-state index contributed by atoms with van der Waals surface area (Å²) in [6.07, 6.45) is 0. The van der Waals surface area contributed by atoms with Crippen molar-refractivity contribution in [2.45, 2.75) is 18.7 Å². The van der Waals surface area contributed by atoms with Crippen LogP contribution in [0.25, 0.3) is 10.9 Å². The van der Waals surface area contributed by atoms with Crippen LogP contribution in [-0.2, 0) is 10.0 Å². The van der Waals surface area contributed by atoms with Crippen LogP contribution in [-0.4, -0.2) is 28.8 Å². The minimum absolute atomic E-state index is 0.157. The molecule has 2 aromatic heterocycles. The van der Waals surface area contributed by atoms with Crippen molar-refractivity contribution in [3.05, 3.63) is 35.7 Å². The van der Waals surface area contributed by atoms with E-state index in [9.17, 15) is 8.42 Å². The fraction of sp³-hybridized carbons (Fsp3) is 0.167. The zero-order chi connectivity index (χ0) is 14.3. The Bertz CT molecular complexity index is 859. The molecule has 0 unspecified atom stereocenters. The number of aryl methyl sites for hydroxylation is 2. The smallest absolute Gasteiger partial charge is 0.266 e. The number of aromatic nitrogens is 4. The van der Waals surface area contributed by atoms with Crippen LogP contribution in [0.3, 0.4) is 0 Å². The van der Waals surface area contributed by atoms with Gasteiger partial charge in [0.2, 0.25) is 0 Å². The van der Waals surface area contributed by atoms with E-state index in [4.69, 9.17) is 0 Å². The summed E-state index contributed by atoms with van der Waals surface area (Å²) in [7, 11) is -3.72. The van der Waals surface area contributed by atoms with Gasteiger partial charge >= 0.3 is 0 Å². The molecule has 3 N–H and O–H groups in total. The van der Waals surface area contributed by atoms with E-state index >= 15 is 0 Å². The van der Waals surface area contributed by atoms with Gasteiger partial charge in [-0.05, 0) is 26.0 Å². The molecule has 0 aliphatic heterocycles. The fourth-order valence-corrected chi connectivity index (χ4v) is 3.55. The van der Waals surface area contributed by atoms with Crippen molar-refractivity contribution >= 4 is 26.7 Å². The van der Waals surface area contributed by atoms with Gasteiger partial charge < -0.3 is 0 Å². The van der Waals surface area contributed by atoms with Crippen LogP contribution in [0.4, 0.5) is 5.82 Å². The zero-order valence-electron chi connectivity index (χ0n) is 10.9. The number of benzene rings is 1. The molecule has 0 spiro atoms. The molecule has 0 radical (unpaired) electrons. The minimum atomic E-state index is -3.72. The number of nitrogens with one attached hydrogen (secondary N) is 3. The second kappa shape index (κ2) is 4.34. The fourth-order valence-electron chi connectivity index (χ4n) is 2.16. The first-order valence-corrected chi connectivity index (χ1v) is 7.45. The van der Waals surface area contributed by atoms with Gasteiger partial charge in [0.1, 0.15) is 4.90 Å². The predicted octanol–water partition coefficient (Wildman–Crippen LogP) is 1.70. The Morgan fingerprint density at radius 2 is 1.85 bits per heavy atom. The van der Waals surface area contributed by atoms with Gasteiger partial charge in [-0.3, -0.25) is 14.9 Å². The van der Waals surface area contributed by atoms with Gasteiger partial charge in [0, 0.05) is 5.39 Å². The van der Waals surface area contributed by atoms with Crippen LogP contribution in [0, 0.1) is 13.8 Å². The van der Waals surface area contributed by atoms with E-state index in [-0.39, 0.29) is 10.7 Å². The van der Waals surface area contributed by atoms with Crippen LogP contribution in [0.15, 0.2) is 29.2 Å². The molecule has 0 atom stereocenters. The number of sulfonamides is 1. The number of aromatic amines is 2.